The second kappa shape index (κ2) is 13.0. The minimum Gasteiger partial charge on any atom is -0.425 e. The predicted molar refractivity (Wildman–Crippen MR) is 118 cm³/mol. The van der Waals surface area contributed by atoms with Crippen molar-refractivity contribution in [3.63, 3.8) is 0 Å². The standard InChI is InChI=1S/C13H30NO3Si.C4F10NO4S2/c1-13(2)11-14(9-7-6-8-10-14)12-18(15-3,16-4)17-5;5-1(6,7)3(11,12)20(16,17)15-21(18,19)4(13,14)2(8,9)10/h13H,6-12H2,1-5H3;/q+1;-1. The average molecular weight is 657 g/mol. The van der Waals surface area contributed by atoms with Crippen molar-refractivity contribution in [1.29, 1.82) is 0 Å². The van der Waals surface area contributed by atoms with Crippen LogP contribution in [0.4, 0.5) is 43.9 Å². The molecule has 0 bridgehead atoms. The van der Waals surface area contributed by atoms with Crippen LogP contribution >= 0.6 is 0 Å². The second-order valence-corrected chi connectivity index (χ2v) is 15.4. The molecular weight excluding hydrogens is 626 g/mol. The molecule has 0 amide bonds. The summed E-state index contributed by atoms with van der Waals surface area (Å²) in [6, 6.07) is 0. The summed E-state index contributed by atoms with van der Waals surface area (Å²) < 4.78 is 179. The van der Waals surface area contributed by atoms with Gasteiger partial charge in [0.25, 0.3) is 0 Å². The number of alkyl halides is 10. The summed E-state index contributed by atoms with van der Waals surface area (Å²) in [7, 11) is -12.6. The lowest BCUT2D eigenvalue weighted by molar-refractivity contribution is -0.928. The Balaban J connectivity index is 0.000000748. The van der Waals surface area contributed by atoms with Crippen molar-refractivity contribution in [1.82, 2.24) is 0 Å². The Bertz CT molecular complexity index is 934. The van der Waals surface area contributed by atoms with E-state index in [-0.39, 0.29) is 0 Å². The van der Waals surface area contributed by atoms with E-state index >= 15 is 0 Å². The van der Waals surface area contributed by atoms with Gasteiger partial charge in [-0.2, -0.15) is 43.9 Å². The van der Waals surface area contributed by atoms with Crippen LogP contribution < -0.4 is 0 Å². The highest BCUT2D eigenvalue weighted by Crippen LogP contribution is 2.47. The number of piperidine rings is 1. The van der Waals surface area contributed by atoms with Crippen LogP contribution in [0.25, 0.3) is 4.13 Å². The maximum absolute atomic E-state index is 12.3. The number of likely N-dealkylation sites (tertiary alicyclic amines) is 1. The molecule has 9 nitrogen and oxygen atoms in total. The van der Waals surface area contributed by atoms with E-state index in [2.05, 4.69) is 13.8 Å². The Morgan fingerprint density at radius 1 is 0.718 bits per heavy atom. The minimum absolute atomic E-state index is 0.422. The Hall–Kier alpha value is -0.783. The van der Waals surface area contributed by atoms with Crippen molar-refractivity contribution >= 4 is 28.9 Å². The van der Waals surface area contributed by atoms with Crippen molar-refractivity contribution in [3.05, 3.63) is 4.13 Å². The second-order valence-electron chi connectivity index (χ2n) is 8.93. The van der Waals surface area contributed by atoms with E-state index in [9.17, 15) is 60.7 Å². The molecular formula is C17H30F10N2O7S2Si. The van der Waals surface area contributed by atoms with E-state index in [4.69, 9.17) is 13.3 Å². The van der Waals surface area contributed by atoms with Crippen LogP contribution in [0.2, 0.25) is 0 Å². The summed E-state index contributed by atoms with van der Waals surface area (Å²) >= 11 is 0. The van der Waals surface area contributed by atoms with E-state index in [0.717, 1.165) is 10.7 Å². The average Bonchev–Trinajstić information content (AvgIpc) is 2.75. The van der Waals surface area contributed by atoms with E-state index in [1.807, 2.05) is 0 Å². The molecule has 0 saturated carbocycles. The highest BCUT2D eigenvalue weighted by atomic mass is 32.3. The Kier molecular flexibility index (Phi) is 12.8. The molecule has 0 unspecified atom stereocenters. The SMILES string of the molecule is CO[Si](C[N+]1(CC(C)C)CCCCC1)(OC)OC.O=S(=O)([N-]S(=O)(=O)C(F)(F)C(F)(F)F)C(F)(F)C(F)(F)F. The first-order chi connectivity index (χ1) is 17.2. The van der Waals surface area contributed by atoms with Crippen molar-refractivity contribution < 1.29 is 78.5 Å². The number of hydrogen-bond donors (Lipinski definition) is 0. The van der Waals surface area contributed by atoms with Crippen LogP contribution in [0.1, 0.15) is 33.1 Å². The normalized spacial score (nSPS) is 18.1. The van der Waals surface area contributed by atoms with Gasteiger partial charge in [-0.1, -0.05) is 13.8 Å². The lowest BCUT2D eigenvalue weighted by Crippen LogP contribution is -2.64. The lowest BCUT2D eigenvalue weighted by atomic mass is 10.1. The largest absolute Gasteiger partial charge is 0.558 e. The maximum atomic E-state index is 12.3. The number of hydrogen-bond acceptors (Lipinski definition) is 7. The number of sulfonamides is 2. The van der Waals surface area contributed by atoms with Gasteiger partial charge in [-0.3, -0.25) is 0 Å². The first kappa shape index (κ1) is 38.2. The molecule has 1 aliphatic heterocycles. The molecule has 1 aliphatic rings. The van der Waals surface area contributed by atoms with Gasteiger partial charge in [0.05, 0.1) is 19.6 Å². The van der Waals surface area contributed by atoms with Crippen LogP contribution in [-0.2, 0) is 33.3 Å². The van der Waals surface area contributed by atoms with Crippen molar-refractivity contribution in [2.75, 3.05) is 47.1 Å². The highest BCUT2D eigenvalue weighted by Gasteiger charge is 2.68. The molecule has 0 N–H and O–H groups in total. The molecule has 236 valence electrons. The summed E-state index contributed by atoms with van der Waals surface area (Å²) in [5.74, 6) is 0.695. The monoisotopic (exact) mass is 656 g/mol. The van der Waals surface area contributed by atoms with E-state index in [0.29, 0.717) is 10.0 Å². The van der Waals surface area contributed by atoms with Gasteiger partial charge in [-0.05, 0) is 19.3 Å². The zero-order chi connectivity index (χ0) is 31.4. The third-order valence-electron chi connectivity index (χ3n) is 5.48. The summed E-state index contributed by atoms with van der Waals surface area (Å²) in [6.45, 7) is 8.27. The summed E-state index contributed by atoms with van der Waals surface area (Å²) in [5.41, 5.74) is 0. The fraction of sp³-hybridized carbons (Fsp3) is 1.00. The van der Waals surface area contributed by atoms with E-state index in [1.54, 1.807) is 21.3 Å². The fourth-order valence-electron chi connectivity index (χ4n) is 3.73. The molecule has 1 rings (SSSR count). The van der Waals surface area contributed by atoms with Crippen molar-refractivity contribution in [3.8, 4) is 0 Å². The molecule has 39 heavy (non-hydrogen) atoms. The van der Waals surface area contributed by atoms with Gasteiger partial charge in [0.2, 0.25) is 0 Å². The minimum atomic E-state index is -7.62. The molecule has 0 aromatic rings. The summed E-state index contributed by atoms with van der Waals surface area (Å²) in [5, 5.41) is -14.0. The van der Waals surface area contributed by atoms with Crippen LogP contribution in [0, 0.1) is 5.92 Å². The maximum Gasteiger partial charge on any atom is 0.558 e. The van der Waals surface area contributed by atoms with Crippen LogP contribution in [0.15, 0.2) is 0 Å². The molecule has 1 heterocycles. The smallest absolute Gasteiger partial charge is 0.425 e. The highest BCUT2D eigenvalue weighted by molar-refractivity contribution is 8.13. The third kappa shape index (κ3) is 9.10. The predicted octanol–water partition coefficient (Wildman–Crippen LogP) is 4.39. The number of halogens is 10. The number of nitrogens with zero attached hydrogens (tertiary/aromatic N) is 2. The molecule has 0 aromatic carbocycles. The molecule has 0 aromatic heterocycles. The Labute approximate surface area is 220 Å². The molecule has 0 radical (unpaired) electrons. The zero-order valence-electron chi connectivity index (χ0n) is 21.4. The van der Waals surface area contributed by atoms with Gasteiger partial charge in [-0.25, -0.2) is 16.8 Å². The number of quaternary nitrogens is 1. The third-order valence-corrected chi connectivity index (χ3v) is 11.7. The first-order valence-electron chi connectivity index (χ1n) is 10.8. The van der Waals surface area contributed by atoms with Crippen LogP contribution in [-0.4, -0.2) is 100 Å². The molecule has 0 aliphatic carbocycles. The number of rotatable bonds is 11. The topological polar surface area (TPSA) is 110 Å². The molecule has 1 fully saturated rings. The van der Waals surface area contributed by atoms with Gasteiger partial charge in [0, 0.05) is 27.2 Å². The van der Waals surface area contributed by atoms with Gasteiger partial charge < -0.3 is 21.9 Å². The molecule has 0 spiro atoms. The van der Waals surface area contributed by atoms with E-state index in [1.165, 1.54) is 38.9 Å². The van der Waals surface area contributed by atoms with Crippen LogP contribution in [0.5, 0.6) is 0 Å². The zero-order valence-corrected chi connectivity index (χ0v) is 24.0. The van der Waals surface area contributed by atoms with E-state index < -0.39 is 51.7 Å². The quantitative estimate of drug-likeness (QED) is 0.184. The molecule has 1 saturated heterocycles. The van der Waals surface area contributed by atoms with Crippen molar-refractivity contribution in [2.45, 2.75) is 56.0 Å². The van der Waals surface area contributed by atoms with Gasteiger partial charge in [0.1, 0.15) is 6.17 Å². The first-order valence-corrected chi connectivity index (χ1v) is 15.7. The fourth-order valence-corrected chi connectivity index (χ4v) is 8.25. The lowest BCUT2D eigenvalue weighted by Gasteiger charge is -2.45. The van der Waals surface area contributed by atoms with Gasteiger partial charge in [-0.15, -0.1) is 0 Å². The van der Waals surface area contributed by atoms with Crippen molar-refractivity contribution in [2.24, 2.45) is 5.92 Å². The summed E-state index contributed by atoms with van der Waals surface area (Å²) in [6.07, 6.45) is -9.10. The summed E-state index contributed by atoms with van der Waals surface area (Å²) in [4.78, 5) is 0. The van der Waals surface area contributed by atoms with Gasteiger partial charge in [0.15, 0.2) is 20.0 Å². The molecule has 22 heteroatoms. The van der Waals surface area contributed by atoms with Crippen LogP contribution in [0.3, 0.4) is 0 Å². The molecule has 0 atom stereocenters. The van der Waals surface area contributed by atoms with Gasteiger partial charge >= 0.3 is 31.7 Å². The Morgan fingerprint density at radius 3 is 1.31 bits per heavy atom. The Morgan fingerprint density at radius 2 is 1.05 bits per heavy atom.